The second kappa shape index (κ2) is 4.79. The highest BCUT2D eigenvalue weighted by Crippen LogP contribution is 2.32. The van der Waals surface area contributed by atoms with Gasteiger partial charge in [-0.15, -0.1) is 0 Å². The van der Waals surface area contributed by atoms with Crippen LogP contribution in [-0.4, -0.2) is 33.8 Å². The van der Waals surface area contributed by atoms with Crippen LogP contribution in [0.3, 0.4) is 0 Å². The molecule has 19 heavy (non-hydrogen) atoms. The number of alkyl halides is 3. The number of nitrogens with zero attached hydrogens (tertiary/aromatic N) is 3. The number of aromatic nitrogens is 2. The minimum absolute atomic E-state index is 0.0901. The highest BCUT2D eigenvalue weighted by molar-refractivity contribution is 6.28. The third-order valence-corrected chi connectivity index (χ3v) is 3.14. The Bertz CT molecular complexity index is 479. The van der Waals surface area contributed by atoms with Crippen LogP contribution in [-0.2, 0) is 6.18 Å². The van der Waals surface area contributed by atoms with Crippen molar-refractivity contribution >= 4 is 17.4 Å². The second-order valence-electron chi connectivity index (χ2n) is 4.90. The van der Waals surface area contributed by atoms with Crippen molar-refractivity contribution in [1.82, 2.24) is 9.97 Å². The van der Waals surface area contributed by atoms with Gasteiger partial charge in [0.2, 0.25) is 5.28 Å². The molecule has 1 unspecified atom stereocenters. The van der Waals surface area contributed by atoms with E-state index in [0.29, 0.717) is 19.4 Å². The molecule has 0 bridgehead atoms. The molecule has 0 spiro atoms. The summed E-state index contributed by atoms with van der Waals surface area (Å²) < 4.78 is 38.0. The molecule has 4 nitrogen and oxygen atoms in total. The van der Waals surface area contributed by atoms with Crippen LogP contribution in [0.25, 0.3) is 0 Å². The van der Waals surface area contributed by atoms with E-state index in [1.807, 2.05) is 0 Å². The summed E-state index contributed by atoms with van der Waals surface area (Å²) in [5.41, 5.74) is -2.01. The number of piperidine rings is 1. The molecule has 0 aliphatic carbocycles. The molecule has 8 heteroatoms. The molecule has 1 atom stereocenters. The zero-order chi connectivity index (χ0) is 14.3. The minimum Gasteiger partial charge on any atom is -0.388 e. The van der Waals surface area contributed by atoms with E-state index in [-0.39, 0.29) is 12.4 Å². The lowest BCUT2D eigenvalue weighted by atomic mass is 9.95. The van der Waals surface area contributed by atoms with Gasteiger partial charge in [0.25, 0.3) is 0 Å². The molecule has 1 aromatic heterocycles. The molecule has 106 valence electrons. The molecule has 1 aliphatic heterocycles. The highest BCUT2D eigenvalue weighted by Gasteiger charge is 2.35. The molecule has 2 heterocycles. The predicted molar refractivity (Wildman–Crippen MR) is 64.1 cm³/mol. The molecule has 0 aromatic carbocycles. The highest BCUT2D eigenvalue weighted by atomic mass is 35.5. The van der Waals surface area contributed by atoms with Gasteiger partial charge in [-0.05, 0) is 31.4 Å². The molecule has 0 amide bonds. The molecule has 1 aliphatic rings. The van der Waals surface area contributed by atoms with Crippen molar-refractivity contribution in [2.75, 3.05) is 18.0 Å². The molecule has 0 saturated carbocycles. The van der Waals surface area contributed by atoms with Crippen LogP contribution in [0.4, 0.5) is 19.0 Å². The largest absolute Gasteiger partial charge is 0.433 e. The third kappa shape index (κ3) is 3.48. The molecule has 1 N–H and O–H groups in total. The Morgan fingerprint density at radius 1 is 1.42 bits per heavy atom. The Morgan fingerprint density at radius 3 is 2.68 bits per heavy atom. The van der Waals surface area contributed by atoms with Gasteiger partial charge in [0.05, 0.1) is 5.60 Å². The topological polar surface area (TPSA) is 49.2 Å². The van der Waals surface area contributed by atoms with Crippen molar-refractivity contribution in [3.8, 4) is 0 Å². The summed E-state index contributed by atoms with van der Waals surface area (Å²) >= 11 is 5.53. The van der Waals surface area contributed by atoms with Crippen molar-refractivity contribution in [1.29, 1.82) is 0 Å². The van der Waals surface area contributed by atoms with Crippen molar-refractivity contribution in [3.63, 3.8) is 0 Å². The number of rotatable bonds is 1. The van der Waals surface area contributed by atoms with E-state index >= 15 is 0 Å². The van der Waals surface area contributed by atoms with E-state index in [4.69, 9.17) is 11.6 Å². The van der Waals surface area contributed by atoms with E-state index < -0.39 is 22.8 Å². The first-order valence-corrected chi connectivity index (χ1v) is 6.14. The Kier molecular flexibility index (Phi) is 3.61. The van der Waals surface area contributed by atoms with Gasteiger partial charge in [0.15, 0.2) is 5.69 Å². The second-order valence-corrected chi connectivity index (χ2v) is 5.24. The van der Waals surface area contributed by atoms with E-state index in [1.54, 1.807) is 11.8 Å². The van der Waals surface area contributed by atoms with Crippen LogP contribution in [0.15, 0.2) is 6.07 Å². The first-order valence-electron chi connectivity index (χ1n) is 5.76. The number of aliphatic hydroxyl groups is 1. The average molecular weight is 296 g/mol. The summed E-state index contributed by atoms with van der Waals surface area (Å²) in [6.07, 6.45) is -3.29. The van der Waals surface area contributed by atoms with E-state index in [1.165, 1.54) is 0 Å². The zero-order valence-corrected chi connectivity index (χ0v) is 11.0. The monoisotopic (exact) mass is 295 g/mol. The Morgan fingerprint density at radius 2 is 2.11 bits per heavy atom. The molecule has 1 fully saturated rings. The summed E-state index contributed by atoms with van der Waals surface area (Å²) in [7, 11) is 0. The SMILES string of the molecule is CC1(O)CCCN(c2cc(C(F)(F)F)nc(Cl)n2)C1. The summed E-state index contributed by atoms with van der Waals surface area (Å²) in [4.78, 5) is 8.57. The minimum atomic E-state index is -4.57. The van der Waals surface area contributed by atoms with Crippen LogP contribution in [0.5, 0.6) is 0 Å². The normalized spacial score (nSPS) is 24.6. The first-order chi connectivity index (χ1) is 8.67. The average Bonchev–Trinajstić information content (AvgIpc) is 2.25. The number of hydrogen-bond donors (Lipinski definition) is 1. The molecular formula is C11H13ClF3N3O. The number of β-amino-alcohol motifs (C(OH)–C–C–N with tert-alkyl or cyclic N) is 1. The molecular weight excluding hydrogens is 283 g/mol. The quantitative estimate of drug-likeness (QED) is 0.809. The van der Waals surface area contributed by atoms with E-state index in [9.17, 15) is 18.3 Å². The molecule has 2 rings (SSSR count). The van der Waals surface area contributed by atoms with Gasteiger partial charge in [0, 0.05) is 19.2 Å². The Labute approximate surface area is 113 Å². The van der Waals surface area contributed by atoms with Crippen LogP contribution in [0, 0.1) is 0 Å². The zero-order valence-electron chi connectivity index (χ0n) is 10.2. The Balaban J connectivity index is 2.32. The fraction of sp³-hybridized carbons (Fsp3) is 0.636. The fourth-order valence-corrected chi connectivity index (χ4v) is 2.31. The van der Waals surface area contributed by atoms with Gasteiger partial charge in [-0.2, -0.15) is 13.2 Å². The number of hydrogen-bond acceptors (Lipinski definition) is 4. The van der Waals surface area contributed by atoms with Crippen LogP contribution in [0.1, 0.15) is 25.5 Å². The van der Waals surface area contributed by atoms with E-state index in [2.05, 4.69) is 9.97 Å². The van der Waals surface area contributed by atoms with Gasteiger partial charge in [-0.3, -0.25) is 0 Å². The van der Waals surface area contributed by atoms with Gasteiger partial charge >= 0.3 is 6.18 Å². The smallest absolute Gasteiger partial charge is 0.388 e. The summed E-state index contributed by atoms with van der Waals surface area (Å²) in [5.74, 6) is 0.0901. The van der Waals surface area contributed by atoms with Crippen LogP contribution in [0.2, 0.25) is 5.28 Å². The fourth-order valence-electron chi connectivity index (χ4n) is 2.13. The summed E-state index contributed by atoms with van der Waals surface area (Å²) in [6, 6.07) is 0.854. The molecule has 1 saturated heterocycles. The van der Waals surface area contributed by atoms with Gasteiger partial charge in [-0.1, -0.05) is 0 Å². The third-order valence-electron chi connectivity index (χ3n) is 2.97. The Hall–Kier alpha value is -1.08. The first kappa shape index (κ1) is 14.3. The summed E-state index contributed by atoms with van der Waals surface area (Å²) in [5, 5.41) is 9.52. The van der Waals surface area contributed by atoms with Crippen molar-refractivity contribution in [3.05, 3.63) is 17.0 Å². The van der Waals surface area contributed by atoms with Crippen molar-refractivity contribution < 1.29 is 18.3 Å². The van der Waals surface area contributed by atoms with Crippen LogP contribution < -0.4 is 4.90 Å². The maximum absolute atomic E-state index is 12.7. The lowest BCUT2D eigenvalue weighted by molar-refractivity contribution is -0.141. The lowest BCUT2D eigenvalue weighted by Crippen LogP contribution is -2.46. The van der Waals surface area contributed by atoms with Crippen molar-refractivity contribution in [2.24, 2.45) is 0 Å². The van der Waals surface area contributed by atoms with Gasteiger partial charge in [-0.25, -0.2) is 9.97 Å². The number of anilines is 1. The molecule has 0 radical (unpaired) electrons. The van der Waals surface area contributed by atoms with Crippen LogP contribution >= 0.6 is 11.6 Å². The maximum atomic E-state index is 12.7. The van der Waals surface area contributed by atoms with Crippen molar-refractivity contribution in [2.45, 2.75) is 31.5 Å². The maximum Gasteiger partial charge on any atom is 0.433 e. The molecule has 1 aromatic rings. The summed E-state index contributed by atoms with van der Waals surface area (Å²) in [6.45, 7) is 2.39. The van der Waals surface area contributed by atoms with Gasteiger partial charge in [0.1, 0.15) is 5.82 Å². The number of halogens is 4. The lowest BCUT2D eigenvalue weighted by Gasteiger charge is -2.37. The van der Waals surface area contributed by atoms with E-state index in [0.717, 1.165) is 6.07 Å². The predicted octanol–water partition coefficient (Wildman–Crippen LogP) is 2.50. The van der Waals surface area contributed by atoms with Gasteiger partial charge < -0.3 is 10.0 Å². The standard InChI is InChI=1S/C11H13ClF3N3O/c1-10(19)3-2-4-18(6-10)8-5-7(11(13,14)15)16-9(12)17-8/h5,19H,2-4,6H2,1H3.